The standard InChI is InChI=1S/C19H29N3O2S/c1-12(23)22-7-5-13(6-8-22)11-19(2)17(24)21-18(25-19)20-16-10-14-3-4-15(16)9-14/h13-16H,3-11H2,1-2H3,(H,20,21,24)/t14-,15-,16-,19?/m0/s1. The number of nitrogens with one attached hydrogen (secondary N) is 1. The van der Waals surface area contributed by atoms with Gasteiger partial charge in [-0.05, 0) is 63.2 Å². The Balaban J connectivity index is 1.31. The molecule has 1 N–H and O–H groups in total. The molecule has 0 aromatic carbocycles. The van der Waals surface area contributed by atoms with E-state index in [0.717, 1.165) is 49.4 Å². The van der Waals surface area contributed by atoms with Crippen molar-refractivity contribution >= 4 is 28.7 Å². The number of rotatable bonds is 3. The molecule has 3 fully saturated rings. The van der Waals surface area contributed by atoms with Crippen LogP contribution in [0.5, 0.6) is 0 Å². The second-order valence-electron chi connectivity index (χ2n) is 8.63. The number of likely N-dealkylation sites (tertiary alicyclic amines) is 1. The fourth-order valence-corrected chi connectivity index (χ4v) is 6.48. The van der Waals surface area contributed by atoms with Gasteiger partial charge in [-0.15, -0.1) is 0 Å². The molecule has 0 aromatic rings. The highest BCUT2D eigenvalue weighted by Gasteiger charge is 2.45. The van der Waals surface area contributed by atoms with E-state index >= 15 is 0 Å². The third-order valence-corrected chi connectivity index (χ3v) is 7.96. The zero-order chi connectivity index (χ0) is 17.6. The molecule has 0 radical (unpaired) electrons. The van der Waals surface area contributed by atoms with Gasteiger partial charge in [0.2, 0.25) is 5.91 Å². The lowest BCUT2D eigenvalue weighted by Crippen LogP contribution is -2.40. The molecule has 2 saturated carbocycles. The number of fused-ring (bicyclic) bond motifs is 2. The van der Waals surface area contributed by atoms with Crippen molar-refractivity contribution in [3.8, 4) is 0 Å². The molecule has 25 heavy (non-hydrogen) atoms. The lowest BCUT2D eigenvalue weighted by Gasteiger charge is -2.34. The molecule has 4 atom stereocenters. The van der Waals surface area contributed by atoms with E-state index < -0.39 is 4.75 Å². The predicted octanol–water partition coefficient (Wildman–Crippen LogP) is 2.80. The van der Waals surface area contributed by atoms with Crippen LogP contribution >= 0.6 is 11.8 Å². The highest BCUT2D eigenvalue weighted by atomic mass is 32.2. The number of amidine groups is 1. The van der Waals surface area contributed by atoms with Crippen LogP contribution < -0.4 is 5.32 Å². The number of aliphatic imine (C=N–C) groups is 1. The molecule has 0 spiro atoms. The van der Waals surface area contributed by atoms with Gasteiger partial charge in [0, 0.05) is 26.1 Å². The molecule has 6 heteroatoms. The SMILES string of the molecule is CC(=O)N1CCC(CC2(C)SC(N[C@H]3C[C@H]4CC[C@H]3C4)=NC2=O)CC1. The summed E-state index contributed by atoms with van der Waals surface area (Å²) in [7, 11) is 0. The Morgan fingerprint density at radius 2 is 2.04 bits per heavy atom. The molecule has 2 aliphatic heterocycles. The monoisotopic (exact) mass is 363 g/mol. The van der Waals surface area contributed by atoms with Gasteiger partial charge >= 0.3 is 0 Å². The van der Waals surface area contributed by atoms with Crippen LogP contribution in [0.25, 0.3) is 0 Å². The van der Waals surface area contributed by atoms with Gasteiger partial charge in [0.05, 0.1) is 0 Å². The van der Waals surface area contributed by atoms with E-state index in [2.05, 4.69) is 17.2 Å². The zero-order valence-electron chi connectivity index (χ0n) is 15.3. The van der Waals surface area contributed by atoms with Crippen molar-refractivity contribution in [1.29, 1.82) is 0 Å². The lowest BCUT2D eigenvalue weighted by atomic mass is 9.87. The van der Waals surface area contributed by atoms with E-state index in [4.69, 9.17) is 0 Å². The maximum atomic E-state index is 12.6. The van der Waals surface area contributed by atoms with Crippen molar-refractivity contribution in [3.05, 3.63) is 0 Å². The number of thioether (sulfide) groups is 1. The van der Waals surface area contributed by atoms with E-state index in [1.807, 2.05) is 4.90 Å². The Bertz CT molecular complexity index is 599. The maximum absolute atomic E-state index is 12.6. The summed E-state index contributed by atoms with van der Waals surface area (Å²) in [5.41, 5.74) is 0. The van der Waals surface area contributed by atoms with Crippen LogP contribution in [0.2, 0.25) is 0 Å². The van der Waals surface area contributed by atoms with Gasteiger partial charge in [-0.3, -0.25) is 9.59 Å². The summed E-state index contributed by atoms with van der Waals surface area (Å²) < 4.78 is -0.428. The van der Waals surface area contributed by atoms with Gasteiger partial charge < -0.3 is 10.2 Å². The molecule has 2 aliphatic carbocycles. The number of nitrogens with zero attached hydrogens (tertiary/aromatic N) is 2. The Hall–Kier alpha value is -1.04. The molecular formula is C19H29N3O2S. The van der Waals surface area contributed by atoms with Gasteiger partial charge in [0.15, 0.2) is 5.17 Å². The normalized spacial score (nSPS) is 38.3. The van der Waals surface area contributed by atoms with Crippen LogP contribution in [-0.2, 0) is 9.59 Å². The Morgan fingerprint density at radius 1 is 1.28 bits per heavy atom. The fourth-order valence-electron chi connectivity index (χ4n) is 5.26. The van der Waals surface area contributed by atoms with Crippen molar-refractivity contribution < 1.29 is 9.59 Å². The molecule has 1 saturated heterocycles. The molecule has 4 rings (SSSR count). The van der Waals surface area contributed by atoms with Gasteiger partial charge in [-0.25, -0.2) is 0 Å². The minimum atomic E-state index is -0.428. The van der Waals surface area contributed by atoms with Crippen molar-refractivity contribution in [2.45, 2.75) is 69.6 Å². The molecule has 0 aromatic heterocycles. The number of hydrogen-bond acceptors (Lipinski definition) is 4. The minimum Gasteiger partial charge on any atom is -0.361 e. The van der Waals surface area contributed by atoms with E-state index in [1.54, 1.807) is 18.7 Å². The molecule has 2 heterocycles. The summed E-state index contributed by atoms with van der Waals surface area (Å²) >= 11 is 1.64. The van der Waals surface area contributed by atoms with Gasteiger partial charge in [0.1, 0.15) is 4.75 Å². The van der Waals surface area contributed by atoms with Gasteiger partial charge in [-0.1, -0.05) is 18.2 Å². The first-order valence-electron chi connectivity index (χ1n) is 9.77. The lowest BCUT2D eigenvalue weighted by molar-refractivity contribution is -0.130. The average Bonchev–Trinajstić information content (AvgIpc) is 3.24. The van der Waals surface area contributed by atoms with Crippen LogP contribution in [0.15, 0.2) is 4.99 Å². The van der Waals surface area contributed by atoms with Gasteiger partial charge in [-0.2, -0.15) is 4.99 Å². The first kappa shape index (κ1) is 17.4. The van der Waals surface area contributed by atoms with Crippen molar-refractivity contribution in [3.63, 3.8) is 0 Å². The van der Waals surface area contributed by atoms with Crippen LogP contribution in [0.1, 0.15) is 58.8 Å². The molecular weight excluding hydrogens is 334 g/mol. The minimum absolute atomic E-state index is 0.0251. The van der Waals surface area contributed by atoms with E-state index in [1.165, 1.54) is 25.7 Å². The predicted molar refractivity (Wildman–Crippen MR) is 100 cm³/mol. The molecule has 5 nitrogen and oxygen atoms in total. The molecule has 138 valence electrons. The molecule has 2 amide bonds. The second kappa shape index (κ2) is 6.60. The van der Waals surface area contributed by atoms with Gasteiger partial charge in [0.25, 0.3) is 5.91 Å². The Labute approximate surface area is 154 Å². The van der Waals surface area contributed by atoms with Crippen LogP contribution in [0, 0.1) is 17.8 Å². The summed E-state index contributed by atoms with van der Waals surface area (Å²) in [4.78, 5) is 30.3. The smallest absolute Gasteiger partial charge is 0.264 e. The molecule has 2 bridgehead atoms. The van der Waals surface area contributed by atoms with Crippen molar-refractivity contribution in [2.75, 3.05) is 13.1 Å². The van der Waals surface area contributed by atoms with Crippen LogP contribution in [-0.4, -0.2) is 45.8 Å². The number of amides is 2. The van der Waals surface area contributed by atoms with Crippen LogP contribution in [0.4, 0.5) is 0 Å². The van der Waals surface area contributed by atoms with Crippen LogP contribution in [0.3, 0.4) is 0 Å². The summed E-state index contributed by atoms with van der Waals surface area (Å²) in [5.74, 6) is 2.37. The number of carbonyl (C=O) groups is 2. The summed E-state index contributed by atoms with van der Waals surface area (Å²) in [6.45, 7) is 5.34. The first-order valence-corrected chi connectivity index (χ1v) is 10.6. The summed E-state index contributed by atoms with van der Waals surface area (Å²) in [6, 6.07) is 0.527. The second-order valence-corrected chi connectivity index (χ2v) is 10.1. The Morgan fingerprint density at radius 3 is 2.64 bits per heavy atom. The topological polar surface area (TPSA) is 61.8 Å². The van der Waals surface area contributed by atoms with Crippen molar-refractivity contribution in [1.82, 2.24) is 10.2 Å². The fraction of sp³-hybridized carbons (Fsp3) is 0.842. The summed E-state index contributed by atoms with van der Waals surface area (Å²) in [6.07, 6.45) is 8.19. The first-order chi connectivity index (χ1) is 11.9. The third-order valence-electron chi connectivity index (χ3n) is 6.76. The third kappa shape index (κ3) is 3.46. The Kier molecular flexibility index (Phi) is 4.59. The molecule has 4 aliphatic rings. The van der Waals surface area contributed by atoms with E-state index in [-0.39, 0.29) is 11.8 Å². The largest absolute Gasteiger partial charge is 0.361 e. The number of carbonyl (C=O) groups excluding carboxylic acids is 2. The number of hydrogen-bond donors (Lipinski definition) is 1. The highest BCUT2D eigenvalue weighted by molar-refractivity contribution is 8.16. The summed E-state index contributed by atoms with van der Waals surface area (Å²) in [5, 5.41) is 4.45. The number of piperidine rings is 1. The quantitative estimate of drug-likeness (QED) is 0.837. The zero-order valence-corrected chi connectivity index (χ0v) is 16.1. The highest BCUT2D eigenvalue weighted by Crippen LogP contribution is 2.46. The van der Waals surface area contributed by atoms with Crippen molar-refractivity contribution in [2.24, 2.45) is 22.7 Å². The molecule has 1 unspecified atom stereocenters. The average molecular weight is 364 g/mol. The maximum Gasteiger partial charge on any atom is 0.264 e. The van der Waals surface area contributed by atoms with E-state index in [9.17, 15) is 9.59 Å². The van der Waals surface area contributed by atoms with E-state index in [0.29, 0.717) is 12.0 Å².